The van der Waals surface area contributed by atoms with E-state index >= 15 is 0 Å². The van der Waals surface area contributed by atoms with Crippen molar-refractivity contribution < 1.29 is 36.1 Å². The molecule has 0 saturated heterocycles. The highest BCUT2D eigenvalue weighted by Crippen LogP contribution is 2.26. The summed E-state index contributed by atoms with van der Waals surface area (Å²) < 4.78 is 37.6. The molecule has 0 aliphatic carbocycles. The number of hydrogen-bond donors (Lipinski definition) is 4. The summed E-state index contributed by atoms with van der Waals surface area (Å²) in [5.74, 6) is 0. The average Bonchev–Trinajstić information content (AvgIpc) is 2.75. The highest BCUT2D eigenvalue weighted by molar-refractivity contribution is 6.88. The Morgan fingerprint density at radius 1 is 0.477 bits per heavy atom. The third kappa shape index (κ3) is 28.0. The molecule has 0 fully saturated rings. The number of nitrogens with one attached hydrogen (secondary N) is 2. The van der Waals surface area contributed by atoms with Crippen molar-refractivity contribution >= 4 is 50.4 Å². The van der Waals surface area contributed by atoms with Crippen molar-refractivity contribution in [2.75, 3.05) is 52.6 Å². The highest BCUT2D eigenvalue weighted by Gasteiger charge is 2.40. The molecule has 4 N–H and O–H groups in total. The summed E-state index contributed by atoms with van der Waals surface area (Å²) in [6.45, 7) is 35.1. The lowest BCUT2D eigenvalue weighted by molar-refractivity contribution is 0.0353. The molecular weight excluding hydrogens is 661 g/mol. The van der Waals surface area contributed by atoms with Gasteiger partial charge in [0, 0.05) is 39.4 Å². The smallest absolute Gasteiger partial charge is 0.314 e. The summed E-state index contributed by atoms with van der Waals surface area (Å²) >= 11 is 0. The normalized spacial score (nSPS) is 15.5. The van der Waals surface area contributed by atoms with E-state index in [1.807, 2.05) is 0 Å². The Morgan fingerprint density at radius 3 is 1.00 bits per heavy atom. The van der Waals surface area contributed by atoms with Crippen molar-refractivity contribution in [1.82, 2.24) is 10.6 Å². The summed E-state index contributed by atoms with van der Waals surface area (Å²) in [7, 11) is -11.3. The molecule has 10 nitrogen and oxygen atoms in total. The van der Waals surface area contributed by atoms with Gasteiger partial charge in [-0.05, 0) is 117 Å². The van der Waals surface area contributed by atoms with Crippen LogP contribution in [0.15, 0.2) is 0 Å². The largest absolute Gasteiger partial charge is 0.437 e. The van der Waals surface area contributed by atoms with Crippen molar-refractivity contribution in [3.63, 3.8) is 0 Å². The number of hydrogen-bond acceptors (Lipinski definition) is 10. The number of aliphatic hydroxyl groups excluding tert-OH is 2. The van der Waals surface area contributed by atoms with E-state index in [4.69, 9.17) is 25.9 Å². The lowest BCUT2D eigenvalue weighted by Crippen LogP contribution is -2.52. The van der Waals surface area contributed by atoms with Gasteiger partial charge in [0.25, 0.3) is 0 Å². The molecule has 2 atom stereocenters. The SMILES string of the molecule is C[Si](C)(C)O[Si](C)(CCCOCC(O)CNCCNCC(O)COCCC[Si](C)(O[Si](C)(C)C)O[Si](C)(C)C)O[Si](C)(C)C. The Labute approximate surface area is 277 Å². The van der Waals surface area contributed by atoms with Gasteiger partial charge in [0.1, 0.15) is 0 Å². The zero-order valence-electron chi connectivity index (χ0n) is 31.0. The topological polar surface area (TPSA) is 120 Å². The minimum Gasteiger partial charge on any atom is -0.437 e. The number of rotatable bonds is 27. The van der Waals surface area contributed by atoms with Crippen LogP contribution >= 0.6 is 0 Å². The predicted molar refractivity (Wildman–Crippen MR) is 199 cm³/mol. The Bertz CT molecular complexity index is 666. The van der Waals surface area contributed by atoms with E-state index in [-0.39, 0.29) is 0 Å². The third-order valence-corrected chi connectivity index (χ3v) is 25.0. The van der Waals surface area contributed by atoms with Gasteiger partial charge in [-0.3, -0.25) is 0 Å². The maximum absolute atomic E-state index is 10.3. The van der Waals surface area contributed by atoms with Crippen LogP contribution in [0, 0.1) is 0 Å². The Hall–Kier alpha value is 0.901. The molecule has 0 aromatic rings. The molecule has 2 unspecified atom stereocenters. The van der Waals surface area contributed by atoms with E-state index < -0.39 is 62.6 Å². The minimum atomic E-state index is -2.24. The fourth-order valence-electron chi connectivity index (χ4n) is 5.10. The van der Waals surface area contributed by atoms with Gasteiger partial charge in [-0.1, -0.05) is 0 Å². The first-order valence-electron chi connectivity index (χ1n) is 16.6. The fraction of sp³-hybridized carbons (Fsp3) is 1.00. The standard InChI is InChI=1S/C28H72N2O8Si6/c1-39(2,3)35-43(13,36-40(4,5)6)21-15-19-33-25-27(31)23-29-17-18-30-24-28(32)26-34-20-16-22-44(14,37-41(7,8)9)38-42(10,11)12/h27-32H,15-26H2,1-14H3. The van der Waals surface area contributed by atoms with Gasteiger partial charge in [-0.15, -0.1) is 0 Å². The number of ether oxygens (including phenoxy) is 2. The fourth-order valence-corrected chi connectivity index (χ4v) is 30.1. The van der Waals surface area contributed by atoms with Crippen LogP contribution in [0.25, 0.3) is 0 Å². The molecule has 0 amide bonds. The van der Waals surface area contributed by atoms with Crippen LogP contribution in [-0.4, -0.2) is 125 Å². The molecule has 0 aromatic carbocycles. The van der Waals surface area contributed by atoms with E-state index in [0.717, 1.165) is 24.9 Å². The van der Waals surface area contributed by atoms with Crippen LogP contribution in [0.1, 0.15) is 12.8 Å². The average molecular weight is 733 g/mol. The minimum absolute atomic E-state index is 0.300. The van der Waals surface area contributed by atoms with Crippen molar-refractivity contribution in [1.29, 1.82) is 0 Å². The van der Waals surface area contributed by atoms with Gasteiger partial charge in [0.2, 0.25) is 0 Å². The summed E-state index contributed by atoms with van der Waals surface area (Å²) in [5, 5.41) is 27.0. The van der Waals surface area contributed by atoms with Crippen LogP contribution in [0.4, 0.5) is 0 Å². The van der Waals surface area contributed by atoms with E-state index in [1.54, 1.807) is 0 Å². The summed E-state index contributed by atoms with van der Waals surface area (Å²) in [6, 6.07) is 1.81. The van der Waals surface area contributed by atoms with Gasteiger partial charge < -0.3 is 46.8 Å². The molecule has 0 spiro atoms. The summed E-state index contributed by atoms with van der Waals surface area (Å²) in [4.78, 5) is 0. The molecule has 0 heterocycles. The summed E-state index contributed by atoms with van der Waals surface area (Å²) in [5.41, 5.74) is 0. The van der Waals surface area contributed by atoms with Crippen LogP contribution in [0.3, 0.4) is 0 Å². The monoisotopic (exact) mass is 732 g/mol. The maximum atomic E-state index is 10.3. The molecule has 0 aliphatic rings. The zero-order chi connectivity index (χ0) is 34.3. The molecule has 0 bridgehead atoms. The summed E-state index contributed by atoms with van der Waals surface area (Å²) in [6.07, 6.45) is 0.613. The molecule has 16 heteroatoms. The van der Waals surface area contributed by atoms with E-state index in [0.29, 0.717) is 52.6 Å². The molecule has 266 valence electrons. The Morgan fingerprint density at radius 2 is 0.750 bits per heavy atom. The first-order chi connectivity index (χ1) is 19.8. The first-order valence-corrected chi connectivity index (χ1v) is 35.2. The first kappa shape index (κ1) is 44.9. The Balaban J connectivity index is 4.04. The van der Waals surface area contributed by atoms with Gasteiger partial charge in [-0.2, -0.15) is 0 Å². The second-order valence-corrected chi connectivity index (χ2v) is 41.9. The van der Waals surface area contributed by atoms with Crippen LogP contribution < -0.4 is 10.6 Å². The van der Waals surface area contributed by atoms with E-state index in [2.05, 4.69) is 102 Å². The van der Waals surface area contributed by atoms with Gasteiger partial charge >= 0.3 is 17.1 Å². The van der Waals surface area contributed by atoms with Crippen molar-refractivity contribution in [2.24, 2.45) is 0 Å². The van der Waals surface area contributed by atoms with Gasteiger partial charge in [-0.25, -0.2) is 0 Å². The zero-order valence-corrected chi connectivity index (χ0v) is 37.0. The molecule has 44 heavy (non-hydrogen) atoms. The second-order valence-electron chi connectivity index (χ2n) is 16.2. The second kappa shape index (κ2) is 20.4. The quantitative estimate of drug-likeness (QED) is 0.0659. The lowest BCUT2D eigenvalue weighted by atomic mass is 10.3. The molecular formula is C28H72N2O8Si6. The van der Waals surface area contributed by atoms with E-state index in [9.17, 15) is 10.2 Å². The highest BCUT2D eigenvalue weighted by atomic mass is 28.5. The third-order valence-electron chi connectivity index (χ3n) is 5.79. The van der Waals surface area contributed by atoms with E-state index in [1.165, 1.54) is 0 Å². The van der Waals surface area contributed by atoms with Crippen LogP contribution in [-0.2, 0) is 25.9 Å². The number of aliphatic hydroxyl groups is 2. The van der Waals surface area contributed by atoms with Crippen molar-refractivity contribution in [3.8, 4) is 0 Å². The van der Waals surface area contributed by atoms with Gasteiger partial charge in [0.15, 0.2) is 33.3 Å². The van der Waals surface area contributed by atoms with Crippen molar-refractivity contribution in [3.05, 3.63) is 0 Å². The van der Waals surface area contributed by atoms with Crippen molar-refractivity contribution in [2.45, 2.75) is 129 Å². The maximum Gasteiger partial charge on any atom is 0.314 e. The molecule has 0 aromatic heterocycles. The lowest BCUT2D eigenvalue weighted by Gasteiger charge is -2.38. The molecule has 0 rings (SSSR count). The molecule has 0 radical (unpaired) electrons. The van der Waals surface area contributed by atoms with Crippen LogP contribution in [0.2, 0.25) is 104 Å². The Kier molecular flexibility index (Phi) is 20.8. The molecule has 0 saturated carbocycles. The van der Waals surface area contributed by atoms with Gasteiger partial charge in [0.05, 0.1) is 25.4 Å². The predicted octanol–water partition coefficient (Wildman–Crippen LogP) is 5.25. The molecule has 0 aliphatic heterocycles. The van der Waals surface area contributed by atoms with Crippen LogP contribution in [0.5, 0.6) is 0 Å².